The van der Waals surface area contributed by atoms with Crippen LogP contribution in [0.1, 0.15) is 5.56 Å². The van der Waals surface area contributed by atoms with Crippen molar-refractivity contribution in [2.24, 2.45) is 0 Å². The Morgan fingerprint density at radius 3 is 2.52 bits per heavy atom. The molecule has 2 heterocycles. The molecule has 4 rings (SSSR count). The van der Waals surface area contributed by atoms with Crippen LogP contribution in [0, 0.1) is 6.92 Å². The second-order valence-electron chi connectivity index (χ2n) is 5.56. The molecule has 0 saturated carbocycles. The molecule has 25 heavy (non-hydrogen) atoms. The van der Waals surface area contributed by atoms with Crippen LogP contribution >= 0.6 is 11.3 Å². The first-order valence-electron chi connectivity index (χ1n) is 7.71. The van der Waals surface area contributed by atoms with Crippen LogP contribution < -0.4 is 9.47 Å². The Balaban J connectivity index is 1.80. The molecule has 2 aromatic carbocycles. The number of nitrogens with zero attached hydrogens (tertiary/aromatic N) is 4. The maximum Gasteiger partial charge on any atom is 0.235 e. The summed E-state index contributed by atoms with van der Waals surface area (Å²) < 4.78 is 12.5. The first kappa shape index (κ1) is 15.6. The van der Waals surface area contributed by atoms with E-state index in [1.165, 1.54) is 16.9 Å². The van der Waals surface area contributed by atoms with Crippen LogP contribution in [-0.4, -0.2) is 34.0 Å². The highest BCUT2D eigenvalue weighted by molar-refractivity contribution is 7.19. The van der Waals surface area contributed by atoms with E-state index in [2.05, 4.69) is 29.3 Å². The van der Waals surface area contributed by atoms with Gasteiger partial charge in [0.05, 0.1) is 14.2 Å². The Morgan fingerprint density at radius 2 is 1.76 bits per heavy atom. The summed E-state index contributed by atoms with van der Waals surface area (Å²) in [6.45, 7) is 2.05. The molecular formula is C18H16N4O2S. The highest BCUT2D eigenvalue weighted by Crippen LogP contribution is 2.34. The molecule has 126 valence electrons. The van der Waals surface area contributed by atoms with Crippen LogP contribution in [-0.2, 0) is 0 Å². The number of hydrogen-bond donors (Lipinski definition) is 0. The maximum atomic E-state index is 5.38. The average Bonchev–Trinajstić information content (AvgIpc) is 3.21. The van der Waals surface area contributed by atoms with Crippen molar-refractivity contribution in [2.75, 3.05) is 14.2 Å². The molecule has 4 aromatic rings. The van der Waals surface area contributed by atoms with Gasteiger partial charge in [0.1, 0.15) is 5.01 Å². The van der Waals surface area contributed by atoms with E-state index in [9.17, 15) is 0 Å². The summed E-state index contributed by atoms with van der Waals surface area (Å²) in [6, 6.07) is 13.9. The van der Waals surface area contributed by atoms with Crippen molar-refractivity contribution in [3.05, 3.63) is 48.0 Å². The van der Waals surface area contributed by atoms with Crippen LogP contribution in [0.25, 0.3) is 26.9 Å². The molecule has 0 fully saturated rings. The lowest BCUT2D eigenvalue weighted by atomic mass is 10.1. The minimum atomic E-state index is 0.671. The van der Waals surface area contributed by atoms with E-state index in [4.69, 9.17) is 14.6 Å². The van der Waals surface area contributed by atoms with Crippen molar-refractivity contribution in [3.8, 4) is 33.5 Å². The summed E-state index contributed by atoms with van der Waals surface area (Å²) in [4.78, 5) is 0.751. The number of aromatic nitrogens is 4. The predicted molar refractivity (Wildman–Crippen MR) is 97.4 cm³/mol. The molecule has 0 amide bonds. The van der Waals surface area contributed by atoms with Gasteiger partial charge < -0.3 is 9.47 Å². The van der Waals surface area contributed by atoms with E-state index in [1.807, 2.05) is 30.3 Å². The fourth-order valence-corrected chi connectivity index (χ4v) is 3.50. The number of ether oxygens (including phenoxy) is 2. The first-order valence-corrected chi connectivity index (χ1v) is 8.53. The fraction of sp³-hybridized carbons (Fsp3) is 0.167. The van der Waals surface area contributed by atoms with E-state index < -0.39 is 0 Å². The molecule has 0 aliphatic carbocycles. The number of hydrogen-bond acceptors (Lipinski definition) is 6. The van der Waals surface area contributed by atoms with Crippen LogP contribution in [0.15, 0.2) is 42.5 Å². The Labute approximate surface area is 148 Å². The second-order valence-corrected chi connectivity index (χ2v) is 6.52. The Bertz CT molecular complexity index is 1050. The molecule has 0 N–H and O–H groups in total. The number of fused-ring (bicyclic) bond motifs is 1. The fourth-order valence-electron chi connectivity index (χ4n) is 2.67. The highest BCUT2D eigenvalue weighted by atomic mass is 32.1. The van der Waals surface area contributed by atoms with E-state index in [0.29, 0.717) is 11.5 Å². The normalized spacial score (nSPS) is 11.0. The van der Waals surface area contributed by atoms with Crippen molar-refractivity contribution >= 4 is 16.3 Å². The van der Waals surface area contributed by atoms with Gasteiger partial charge >= 0.3 is 0 Å². The van der Waals surface area contributed by atoms with Gasteiger partial charge in [-0.2, -0.15) is 9.61 Å². The van der Waals surface area contributed by atoms with E-state index in [-0.39, 0.29) is 0 Å². The van der Waals surface area contributed by atoms with Gasteiger partial charge in [-0.05, 0) is 31.2 Å². The van der Waals surface area contributed by atoms with Crippen molar-refractivity contribution in [1.29, 1.82) is 0 Å². The van der Waals surface area contributed by atoms with Gasteiger partial charge in [0, 0.05) is 11.1 Å². The topological polar surface area (TPSA) is 61.5 Å². The lowest BCUT2D eigenvalue weighted by molar-refractivity contribution is 0.355. The first-order chi connectivity index (χ1) is 12.2. The van der Waals surface area contributed by atoms with Crippen LogP contribution in [0.2, 0.25) is 0 Å². The van der Waals surface area contributed by atoms with Gasteiger partial charge in [-0.3, -0.25) is 0 Å². The second kappa shape index (κ2) is 6.18. The smallest absolute Gasteiger partial charge is 0.235 e. The monoisotopic (exact) mass is 352 g/mol. The van der Waals surface area contributed by atoms with Crippen molar-refractivity contribution in [1.82, 2.24) is 19.8 Å². The molecule has 0 atom stereocenters. The van der Waals surface area contributed by atoms with Gasteiger partial charge in [0.15, 0.2) is 17.3 Å². The van der Waals surface area contributed by atoms with Gasteiger partial charge in [0.2, 0.25) is 4.96 Å². The molecule has 0 saturated heterocycles. The van der Waals surface area contributed by atoms with Gasteiger partial charge in [-0.25, -0.2) is 0 Å². The maximum absolute atomic E-state index is 5.38. The van der Waals surface area contributed by atoms with E-state index in [0.717, 1.165) is 26.9 Å². The minimum absolute atomic E-state index is 0.671. The highest BCUT2D eigenvalue weighted by Gasteiger charge is 2.15. The van der Waals surface area contributed by atoms with Crippen molar-refractivity contribution in [2.45, 2.75) is 6.92 Å². The molecule has 0 radical (unpaired) electrons. The largest absolute Gasteiger partial charge is 0.493 e. The summed E-state index contributed by atoms with van der Waals surface area (Å²) in [5.74, 6) is 2.10. The number of methoxy groups -OCH3 is 2. The molecule has 7 heteroatoms. The molecule has 2 aromatic heterocycles. The summed E-state index contributed by atoms with van der Waals surface area (Å²) in [6.07, 6.45) is 0. The summed E-state index contributed by atoms with van der Waals surface area (Å²) >= 11 is 1.48. The van der Waals surface area contributed by atoms with Crippen LogP contribution in [0.5, 0.6) is 11.5 Å². The molecule has 0 aliphatic heterocycles. The SMILES string of the molecule is COc1ccc(-c2nn3c(-c4cccc(C)c4)nnc3s2)cc1OC. The lowest BCUT2D eigenvalue weighted by Crippen LogP contribution is -1.93. The molecular weight excluding hydrogens is 336 g/mol. The molecule has 0 spiro atoms. The molecule has 0 bridgehead atoms. The number of benzene rings is 2. The number of rotatable bonds is 4. The Hall–Kier alpha value is -2.93. The minimum Gasteiger partial charge on any atom is -0.493 e. The van der Waals surface area contributed by atoms with E-state index >= 15 is 0 Å². The van der Waals surface area contributed by atoms with Gasteiger partial charge in [-0.15, -0.1) is 10.2 Å². The Morgan fingerprint density at radius 1 is 0.920 bits per heavy atom. The third-order valence-corrected chi connectivity index (χ3v) is 4.85. The summed E-state index contributed by atoms with van der Waals surface area (Å²) in [5.41, 5.74) is 3.12. The zero-order valence-electron chi connectivity index (χ0n) is 14.1. The average molecular weight is 352 g/mol. The number of aryl methyl sites for hydroxylation is 1. The third-order valence-electron chi connectivity index (χ3n) is 3.90. The lowest BCUT2D eigenvalue weighted by Gasteiger charge is -2.07. The standard InChI is InChI=1S/C18H16N4O2S/c1-11-5-4-6-12(9-11)16-19-20-18-22(16)21-17(25-18)13-7-8-14(23-2)15(10-13)24-3/h4-10H,1-3H3. The zero-order valence-corrected chi connectivity index (χ0v) is 14.9. The van der Waals surface area contributed by atoms with Gasteiger partial charge in [0.25, 0.3) is 0 Å². The predicted octanol–water partition coefficient (Wildman–Crippen LogP) is 3.85. The summed E-state index contributed by atoms with van der Waals surface area (Å²) in [5, 5.41) is 14.1. The molecule has 0 aliphatic rings. The van der Waals surface area contributed by atoms with Crippen LogP contribution in [0.4, 0.5) is 0 Å². The van der Waals surface area contributed by atoms with Crippen molar-refractivity contribution in [3.63, 3.8) is 0 Å². The zero-order chi connectivity index (χ0) is 17.4. The molecule has 0 unspecified atom stereocenters. The quantitative estimate of drug-likeness (QED) is 0.558. The van der Waals surface area contributed by atoms with Gasteiger partial charge in [-0.1, -0.05) is 35.1 Å². The Kier molecular flexibility index (Phi) is 3.85. The summed E-state index contributed by atoms with van der Waals surface area (Å²) in [7, 11) is 3.24. The molecule has 6 nitrogen and oxygen atoms in total. The third kappa shape index (κ3) is 2.72. The van der Waals surface area contributed by atoms with E-state index in [1.54, 1.807) is 18.7 Å². The van der Waals surface area contributed by atoms with Crippen molar-refractivity contribution < 1.29 is 9.47 Å². The van der Waals surface area contributed by atoms with Crippen LogP contribution in [0.3, 0.4) is 0 Å².